The fourth-order valence-electron chi connectivity index (χ4n) is 4.83. The van der Waals surface area contributed by atoms with E-state index in [0.29, 0.717) is 11.1 Å². The number of nitrogens with one attached hydrogen (secondary N) is 5. The van der Waals surface area contributed by atoms with E-state index < -0.39 is 90.0 Å². The van der Waals surface area contributed by atoms with Gasteiger partial charge in [0.1, 0.15) is 41.7 Å². The first-order chi connectivity index (χ1) is 24.3. The monoisotopic (exact) mass is 727 g/mol. The highest BCUT2D eigenvalue weighted by atomic mass is 16.4. The number of hydrogen-bond donors (Lipinski definition) is 10. The molecule has 0 saturated carbocycles. The number of carbonyl (C=O) groups excluding carboxylic acids is 6. The zero-order valence-corrected chi connectivity index (χ0v) is 29.7. The lowest BCUT2D eigenvalue weighted by Gasteiger charge is -2.28. The van der Waals surface area contributed by atoms with Crippen LogP contribution in [0.5, 0.6) is 11.5 Å². The van der Waals surface area contributed by atoms with Crippen molar-refractivity contribution < 1.29 is 48.9 Å². The van der Waals surface area contributed by atoms with Crippen LogP contribution in [0, 0.1) is 11.8 Å². The summed E-state index contributed by atoms with van der Waals surface area (Å²) in [5.41, 5.74) is 12.4. The molecule has 0 aliphatic carbocycles. The molecule has 17 heteroatoms. The van der Waals surface area contributed by atoms with E-state index in [1.807, 2.05) is 0 Å². The van der Waals surface area contributed by atoms with Gasteiger partial charge in [0.15, 0.2) is 0 Å². The molecule has 0 bridgehead atoms. The second-order valence-corrected chi connectivity index (χ2v) is 13.2. The summed E-state index contributed by atoms with van der Waals surface area (Å²) in [6.45, 7) is 7.85. The maximum absolute atomic E-state index is 13.6. The van der Waals surface area contributed by atoms with Crippen LogP contribution in [0.2, 0.25) is 0 Å². The second-order valence-electron chi connectivity index (χ2n) is 13.2. The number of primary amides is 1. The molecule has 2 rings (SSSR count). The van der Waals surface area contributed by atoms with Crippen LogP contribution in [0.4, 0.5) is 0 Å². The lowest BCUT2D eigenvalue weighted by Crippen LogP contribution is -2.61. The molecule has 0 radical (unpaired) electrons. The Kier molecular flexibility index (Phi) is 16.0. The number of amides is 6. The molecule has 12 N–H and O–H groups in total. The van der Waals surface area contributed by atoms with Crippen molar-refractivity contribution in [2.24, 2.45) is 23.3 Å². The molecule has 2 aromatic rings. The first kappa shape index (κ1) is 42.5. The van der Waals surface area contributed by atoms with Gasteiger partial charge in [0.05, 0.1) is 12.5 Å². The van der Waals surface area contributed by atoms with E-state index in [4.69, 9.17) is 11.5 Å². The summed E-state index contributed by atoms with van der Waals surface area (Å²) in [7, 11) is 0. The van der Waals surface area contributed by atoms with Gasteiger partial charge in [-0.1, -0.05) is 52.0 Å². The van der Waals surface area contributed by atoms with Crippen molar-refractivity contribution in [2.45, 2.75) is 90.1 Å². The number of benzene rings is 2. The van der Waals surface area contributed by atoms with E-state index >= 15 is 0 Å². The summed E-state index contributed by atoms with van der Waals surface area (Å²) < 4.78 is 0. The van der Waals surface area contributed by atoms with Gasteiger partial charge in [0, 0.05) is 12.8 Å². The van der Waals surface area contributed by atoms with E-state index in [-0.39, 0.29) is 30.3 Å². The predicted octanol–water partition coefficient (Wildman–Crippen LogP) is -1.07. The Morgan fingerprint density at radius 3 is 1.38 bits per heavy atom. The van der Waals surface area contributed by atoms with E-state index in [1.165, 1.54) is 55.5 Å². The van der Waals surface area contributed by atoms with Crippen molar-refractivity contribution in [3.8, 4) is 11.5 Å². The molecule has 284 valence electrons. The maximum Gasteiger partial charge on any atom is 0.325 e. The van der Waals surface area contributed by atoms with E-state index in [9.17, 15) is 48.9 Å². The molecule has 0 heterocycles. The average Bonchev–Trinajstić information content (AvgIpc) is 3.06. The molecule has 2 aromatic carbocycles. The highest BCUT2D eigenvalue weighted by Gasteiger charge is 2.34. The number of aliphatic carboxylic acids is 1. The van der Waals surface area contributed by atoms with E-state index in [0.717, 1.165) is 0 Å². The van der Waals surface area contributed by atoms with Gasteiger partial charge in [-0.15, -0.1) is 0 Å². The number of nitrogens with two attached hydrogens (primary N) is 2. The van der Waals surface area contributed by atoms with Crippen molar-refractivity contribution in [1.29, 1.82) is 0 Å². The third-order valence-corrected chi connectivity index (χ3v) is 8.05. The largest absolute Gasteiger partial charge is 0.508 e. The molecule has 0 unspecified atom stereocenters. The van der Waals surface area contributed by atoms with E-state index in [1.54, 1.807) is 27.7 Å². The van der Waals surface area contributed by atoms with Crippen LogP contribution < -0.4 is 38.1 Å². The lowest BCUT2D eigenvalue weighted by molar-refractivity contribution is -0.141. The van der Waals surface area contributed by atoms with Gasteiger partial charge in [-0.05, 0) is 54.2 Å². The molecule has 6 amide bonds. The molecule has 0 fully saturated rings. The van der Waals surface area contributed by atoms with Crippen LogP contribution in [0.15, 0.2) is 48.5 Å². The highest BCUT2D eigenvalue weighted by Crippen LogP contribution is 2.14. The number of rotatable bonds is 19. The number of carbonyl (C=O) groups is 7. The van der Waals surface area contributed by atoms with Crippen LogP contribution in [-0.2, 0) is 46.4 Å². The molecule has 0 saturated heterocycles. The standard InChI is InChI=1S/C35H49N7O10/c1-17(2)28(37)33(49)40-25(15-21-8-12-23(44)13-9-21)31(47)39-26(16-27(36)45)32(48)42-29(18(3)4)34(50)41-24(30(46)38-19(5)35(51)52)14-20-6-10-22(43)11-7-20/h6-13,17-19,24-26,28-29,43-44H,14-16,37H2,1-5H3,(H2,36,45)(H,38,46)(H,39,47)(H,40,49)(H,41,50)(H,42,48)(H,51,52)/t19-,24+,25+,26+,28+,29+/m1/s1. The zero-order valence-electron chi connectivity index (χ0n) is 29.7. The average molecular weight is 728 g/mol. The van der Waals surface area contributed by atoms with Crippen molar-refractivity contribution >= 4 is 41.4 Å². The minimum absolute atomic E-state index is 0.0281. The summed E-state index contributed by atoms with van der Waals surface area (Å²) >= 11 is 0. The summed E-state index contributed by atoms with van der Waals surface area (Å²) in [4.78, 5) is 90.3. The molecular formula is C35H49N7O10. The Morgan fingerprint density at radius 2 is 0.981 bits per heavy atom. The third-order valence-electron chi connectivity index (χ3n) is 8.05. The van der Waals surface area contributed by atoms with Gasteiger partial charge in [0.25, 0.3) is 0 Å². The zero-order chi connectivity index (χ0) is 39.3. The number of phenolic OH excluding ortho intramolecular Hbond substituents is 2. The Bertz CT molecular complexity index is 1580. The van der Waals surface area contributed by atoms with Crippen molar-refractivity contribution in [2.75, 3.05) is 0 Å². The van der Waals surface area contributed by atoms with Crippen LogP contribution in [0.3, 0.4) is 0 Å². The smallest absolute Gasteiger partial charge is 0.325 e. The van der Waals surface area contributed by atoms with Crippen LogP contribution in [-0.4, -0.2) is 93.0 Å². The molecular weight excluding hydrogens is 678 g/mol. The van der Waals surface area contributed by atoms with Gasteiger partial charge < -0.3 is 53.4 Å². The molecule has 0 aliphatic rings. The molecule has 0 spiro atoms. The Labute approximate surface area is 301 Å². The minimum atomic E-state index is -1.61. The van der Waals surface area contributed by atoms with Crippen LogP contribution in [0.25, 0.3) is 0 Å². The van der Waals surface area contributed by atoms with Crippen molar-refractivity contribution in [3.63, 3.8) is 0 Å². The Hall–Kier alpha value is -5.71. The number of phenols is 2. The third kappa shape index (κ3) is 13.5. The highest BCUT2D eigenvalue weighted by molar-refractivity contribution is 5.98. The first-order valence-electron chi connectivity index (χ1n) is 16.6. The fraction of sp³-hybridized carbons (Fsp3) is 0.457. The Morgan fingerprint density at radius 1 is 0.577 bits per heavy atom. The van der Waals surface area contributed by atoms with Crippen molar-refractivity contribution in [1.82, 2.24) is 26.6 Å². The second kappa shape index (κ2) is 19.6. The topological polar surface area (TPSA) is 292 Å². The summed E-state index contributed by atoms with van der Waals surface area (Å²) in [6, 6.07) is 3.77. The quantitative estimate of drug-likeness (QED) is 0.0831. The minimum Gasteiger partial charge on any atom is -0.508 e. The van der Waals surface area contributed by atoms with Gasteiger partial charge in [0.2, 0.25) is 35.4 Å². The first-order valence-corrected chi connectivity index (χ1v) is 16.6. The van der Waals surface area contributed by atoms with Crippen LogP contribution >= 0.6 is 0 Å². The normalized spacial score (nSPS) is 14.5. The number of carboxylic acid groups (broad SMARTS) is 1. The summed E-state index contributed by atoms with van der Waals surface area (Å²) in [6.07, 6.45) is -0.887. The van der Waals surface area contributed by atoms with Gasteiger partial charge in [-0.3, -0.25) is 33.6 Å². The molecule has 52 heavy (non-hydrogen) atoms. The van der Waals surface area contributed by atoms with Crippen LogP contribution in [0.1, 0.15) is 52.2 Å². The van der Waals surface area contributed by atoms with Gasteiger partial charge in [-0.2, -0.15) is 0 Å². The molecule has 6 atom stereocenters. The predicted molar refractivity (Wildman–Crippen MR) is 188 cm³/mol. The summed E-state index contributed by atoms with van der Waals surface area (Å²) in [5.74, 6) is -7.41. The number of aromatic hydroxyl groups is 2. The number of hydrogen-bond acceptors (Lipinski definition) is 10. The maximum atomic E-state index is 13.6. The van der Waals surface area contributed by atoms with Gasteiger partial charge >= 0.3 is 5.97 Å². The summed E-state index contributed by atoms with van der Waals surface area (Å²) in [5, 5.41) is 41.0. The fourth-order valence-corrected chi connectivity index (χ4v) is 4.83. The van der Waals surface area contributed by atoms with Crippen molar-refractivity contribution in [3.05, 3.63) is 59.7 Å². The molecule has 17 nitrogen and oxygen atoms in total. The Balaban J connectivity index is 2.33. The van der Waals surface area contributed by atoms with Gasteiger partial charge in [-0.25, -0.2) is 0 Å². The van der Waals surface area contributed by atoms with E-state index in [2.05, 4.69) is 26.6 Å². The SMILES string of the molecule is CC(C)[C@H](N)C(=O)N[C@@H](Cc1ccc(O)cc1)C(=O)N[C@@H](CC(N)=O)C(=O)N[C@H](C(=O)N[C@@H](Cc1ccc(O)cc1)C(=O)N[C@H](C)C(=O)O)C(C)C. The molecule has 0 aliphatic heterocycles. The lowest BCUT2D eigenvalue weighted by atomic mass is 9.99. The molecule has 0 aromatic heterocycles. The number of carboxylic acids is 1.